The summed E-state index contributed by atoms with van der Waals surface area (Å²) < 4.78 is 6.10. The summed E-state index contributed by atoms with van der Waals surface area (Å²) in [5.74, 6) is -0.467. The van der Waals surface area contributed by atoms with Gasteiger partial charge in [-0.25, -0.2) is 0 Å². The Balaban J connectivity index is 1.55. The van der Waals surface area contributed by atoms with Gasteiger partial charge >= 0.3 is 0 Å². The number of carbonyl (C=O) groups is 1. The number of nitro groups is 1. The lowest BCUT2D eigenvalue weighted by atomic mass is 9.79. The van der Waals surface area contributed by atoms with Gasteiger partial charge in [-0.1, -0.05) is 54.6 Å². The van der Waals surface area contributed by atoms with Crippen molar-refractivity contribution in [3.8, 4) is 11.8 Å². The largest absolute Gasteiger partial charge is 0.489 e. The smallest absolute Gasteiger partial charge is 0.256 e. The van der Waals surface area contributed by atoms with Crippen molar-refractivity contribution >= 4 is 11.6 Å². The van der Waals surface area contributed by atoms with Crippen LogP contribution in [0.2, 0.25) is 0 Å². The van der Waals surface area contributed by atoms with E-state index in [9.17, 15) is 20.2 Å². The van der Waals surface area contributed by atoms with Crippen molar-refractivity contribution < 1.29 is 14.5 Å². The molecule has 1 spiro atoms. The molecule has 1 fully saturated rings. The Morgan fingerprint density at radius 2 is 1.85 bits per heavy atom. The van der Waals surface area contributed by atoms with Crippen molar-refractivity contribution in [3.05, 3.63) is 105 Å². The lowest BCUT2D eigenvalue weighted by molar-refractivity contribution is -0.534. The number of fused-ring (bicyclic) bond motifs is 2. The van der Waals surface area contributed by atoms with E-state index in [-0.39, 0.29) is 17.4 Å². The van der Waals surface area contributed by atoms with Crippen LogP contribution in [-0.4, -0.2) is 35.4 Å². The van der Waals surface area contributed by atoms with E-state index in [4.69, 9.17) is 4.74 Å². The zero-order valence-electron chi connectivity index (χ0n) is 18.5. The van der Waals surface area contributed by atoms with Crippen molar-refractivity contribution in [1.82, 2.24) is 4.90 Å². The van der Waals surface area contributed by atoms with Crippen LogP contribution in [0.4, 0.5) is 5.69 Å². The molecule has 1 N–H and O–H groups in total. The van der Waals surface area contributed by atoms with Crippen LogP contribution in [0.15, 0.2) is 72.8 Å². The number of nitrogens with one attached hydrogen (secondary N) is 1. The third-order valence-corrected chi connectivity index (χ3v) is 6.88. The van der Waals surface area contributed by atoms with Gasteiger partial charge in [0.05, 0.1) is 17.6 Å². The van der Waals surface area contributed by atoms with Gasteiger partial charge < -0.3 is 10.1 Å². The molecule has 8 nitrogen and oxygen atoms in total. The summed E-state index contributed by atoms with van der Waals surface area (Å²) in [6, 6.07) is 22.5. The van der Waals surface area contributed by atoms with Crippen molar-refractivity contribution in [2.45, 2.75) is 24.1 Å². The number of ether oxygens (including phenoxy) is 1. The summed E-state index contributed by atoms with van der Waals surface area (Å²) in [5, 5.41) is 24.8. The van der Waals surface area contributed by atoms with Gasteiger partial charge in [0.25, 0.3) is 11.9 Å². The van der Waals surface area contributed by atoms with E-state index in [2.05, 4.69) is 11.4 Å². The highest BCUT2D eigenvalue weighted by Gasteiger charge is 2.68. The number of carbonyl (C=O) groups excluding carboxylic acids is 1. The number of likely N-dealkylation sites (tertiary alicyclic amines) is 1. The first-order chi connectivity index (χ1) is 16.5. The Morgan fingerprint density at radius 1 is 1.15 bits per heavy atom. The second-order valence-electron chi connectivity index (χ2n) is 8.58. The molecule has 8 heteroatoms. The van der Waals surface area contributed by atoms with Gasteiger partial charge in [-0.05, 0) is 25.2 Å². The number of nitrogens with zero attached hydrogens (tertiary/aromatic N) is 3. The topological polar surface area (TPSA) is 108 Å². The van der Waals surface area contributed by atoms with Crippen LogP contribution in [0.25, 0.3) is 0 Å². The predicted octanol–water partition coefficient (Wildman–Crippen LogP) is 3.66. The van der Waals surface area contributed by atoms with Crippen LogP contribution in [0.3, 0.4) is 0 Å². The molecule has 2 aliphatic rings. The maximum absolute atomic E-state index is 13.3. The van der Waals surface area contributed by atoms with E-state index in [1.165, 1.54) is 0 Å². The molecular formula is C26H22N4O4. The summed E-state index contributed by atoms with van der Waals surface area (Å²) in [5.41, 5.74) is 1.72. The number of hydrogen-bond acceptors (Lipinski definition) is 6. The third-order valence-electron chi connectivity index (χ3n) is 6.88. The van der Waals surface area contributed by atoms with Gasteiger partial charge in [-0.2, -0.15) is 5.26 Å². The van der Waals surface area contributed by atoms with Crippen molar-refractivity contribution in [3.63, 3.8) is 0 Å². The van der Waals surface area contributed by atoms with Gasteiger partial charge in [0.1, 0.15) is 12.4 Å². The highest BCUT2D eigenvalue weighted by Crippen LogP contribution is 2.52. The molecule has 3 aromatic rings. The molecule has 3 atom stereocenters. The molecule has 0 aliphatic carbocycles. The maximum Gasteiger partial charge on any atom is 0.256 e. The molecule has 5 rings (SSSR count). The molecule has 1 amide bonds. The van der Waals surface area contributed by atoms with Crippen LogP contribution in [-0.2, 0) is 16.9 Å². The van der Waals surface area contributed by atoms with Crippen molar-refractivity contribution in [2.24, 2.45) is 0 Å². The van der Waals surface area contributed by atoms with Gasteiger partial charge in [-0.15, -0.1) is 0 Å². The second kappa shape index (κ2) is 8.28. The summed E-state index contributed by atoms with van der Waals surface area (Å²) >= 11 is 0. The molecule has 0 saturated carbocycles. The number of benzene rings is 3. The first-order valence-electron chi connectivity index (χ1n) is 10.9. The fourth-order valence-electron chi connectivity index (χ4n) is 5.39. The van der Waals surface area contributed by atoms with Crippen LogP contribution in [0, 0.1) is 21.4 Å². The van der Waals surface area contributed by atoms with Gasteiger partial charge in [0, 0.05) is 33.8 Å². The number of para-hydroxylation sites is 2. The van der Waals surface area contributed by atoms with Gasteiger partial charge in [0.2, 0.25) is 0 Å². The van der Waals surface area contributed by atoms with E-state index < -0.39 is 17.5 Å². The monoisotopic (exact) mass is 454 g/mol. The molecular weight excluding hydrogens is 432 g/mol. The molecule has 3 aromatic carbocycles. The Bertz CT molecular complexity index is 1330. The normalized spacial score (nSPS) is 23.4. The van der Waals surface area contributed by atoms with Crippen LogP contribution < -0.4 is 10.1 Å². The molecule has 2 heterocycles. The van der Waals surface area contributed by atoms with E-state index in [0.717, 1.165) is 5.56 Å². The van der Waals surface area contributed by atoms with Gasteiger partial charge in [0.15, 0.2) is 5.54 Å². The SMILES string of the molecule is CN1C[C@H](c2ccccc2OCc2ccccc2C#N)[C@H]([N+](=O)[O-])[C@]12C(=O)Nc1ccccc12. The predicted molar refractivity (Wildman–Crippen MR) is 125 cm³/mol. The van der Waals surface area contributed by atoms with E-state index in [1.54, 1.807) is 54.4 Å². The lowest BCUT2D eigenvalue weighted by Crippen LogP contribution is -2.54. The first kappa shape index (κ1) is 21.6. The van der Waals surface area contributed by atoms with E-state index >= 15 is 0 Å². The van der Waals surface area contributed by atoms with E-state index in [0.29, 0.717) is 34.7 Å². The quantitative estimate of drug-likeness (QED) is 0.466. The average Bonchev–Trinajstić information content (AvgIpc) is 3.32. The van der Waals surface area contributed by atoms with Crippen LogP contribution in [0.5, 0.6) is 5.75 Å². The van der Waals surface area contributed by atoms with Gasteiger partial charge in [-0.3, -0.25) is 19.8 Å². The minimum atomic E-state index is -1.41. The first-order valence-corrected chi connectivity index (χ1v) is 10.9. The number of likely N-dealkylation sites (N-methyl/N-ethyl adjacent to an activating group) is 1. The maximum atomic E-state index is 13.3. The Labute approximate surface area is 196 Å². The fraction of sp³-hybridized carbons (Fsp3) is 0.231. The number of hydrogen-bond donors (Lipinski definition) is 1. The highest BCUT2D eigenvalue weighted by molar-refractivity contribution is 6.06. The third kappa shape index (κ3) is 3.13. The lowest BCUT2D eigenvalue weighted by Gasteiger charge is -2.30. The van der Waals surface area contributed by atoms with Crippen molar-refractivity contribution in [2.75, 3.05) is 18.9 Å². The highest BCUT2D eigenvalue weighted by atomic mass is 16.6. The van der Waals surface area contributed by atoms with Crippen LogP contribution in [0.1, 0.15) is 28.2 Å². The number of anilines is 1. The zero-order chi connectivity index (χ0) is 23.9. The molecule has 170 valence electrons. The molecule has 0 radical (unpaired) electrons. The Morgan fingerprint density at radius 3 is 2.65 bits per heavy atom. The minimum Gasteiger partial charge on any atom is -0.489 e. The standard InChI is InChI=1S/C26H22N4O4/c1-29-15-20(24(30(32)33)26(29)21-11-5-6-12-22(21)28-25(26)31)19-10-4-7-13-23(19)34-16-18-9-3-2-8-17(18)14-27/h2-13,20,24H,15-16H2,1H3,(H,28,31)/t20-,24+,26-/m1/s1. The molecule has 1 saturated heterocycles. The summed E-state index contributed by atoms with van der Waals surface area (Å²) in [4.78, 5) is 27.3. The molecule has 0 unspecified atom stereocenters. The summed E-state index contributed by atoms with van der Waals surface area (Å²) in [6.45, 7) is 0.462. The molecule has 0 bridgehead atoms. The van der Waals surface area contributed by atoms with E-state index in [1.807, 2.05) is 30.3 Å². The number of rotatable bonds is 5. The molecule has 0 aromatic heterocycles. The minimum absolute atomic E-state index is 0.154. The summed E-state index contributed by atoms with van der Waals surface area (Å²) in [7, 11) is 1.75. The van der Waals surface area contributed by atoms with Crippen molar-refractivity contribution in [1.29, 1.82) is 5.26 Å². The number of amides is 1. The zero-order valence-corrected chi connectivity index (χ0v) is 18.5. The second-order valence-corrected chi connectivity index (χ2v) is 8.58. The Kier molecular flexibility index (Phi) is 5.27. The number of nitriles is 1. The molecule has 34 heavy (non-hydrogen) atoms. The average molecular weight is 454 g/mol. The Hall–Kier alpha value is -4.22. The summed E-state index contributed by atoms with van der Waals surface area (Å²) in [6.07, 6.45) is 0. The van der Waals surface area contributed by atoms with Crippen LogP contribution >= 0.6 is 0 Å². The molecule has 2 aliphatic heterocycles. The fourth-order valence-corrected chi connectivity index (χ4v) is 5.39.